The molecule has 0 radical (unpaired) electrons. The maximum absolute atomic E-state index is 12.4. The fourth-order valence-corrected chi connectivity index (χ4v) is 2.78. The summed E-state index contributed by atoms with van der Waals surface area (Å²) in [5.41, 5.74) is 0. The largest absolute Gasteiger partial charge is 0.383 e. The molecule has 19 heavy (non-hydrogen) atoms. The normalized spacial score (nSPS) is 21.4. The van der Waals surface area contributed by atoms with E-state index in [1.165, 1.54) is 12.8 Å². The zero-order chi connectivity index (χ0) is 14.3. The standard InChI is InChI=1S/C15H30N2O2/c1-12(2)17(8-9-19-4)15(18)10-13(3)14-6-5-7-16-11-14/h12-14,16H,5-11H2,1-4H3. The van der Waals surface area contributed by atoms with Crippen molar-refractivity contribution in [2.75, 3.05) is 33.4 Å². The van der Waals surface area contributed by atoms with E-state index in [4.69, 9.17) is 4.74 Å². The SMILES string of the molecule is COCCN(C(=O)CC(C)C1CCCNC1)C(C)C. The third kappa shape index (κ3) is 5.49. The zero-order valence-electron chi connectivity index (χ0n) is 12.9. The summed E-state index contributed by atoms with van der Waals surface area (Å²) in [5, 5.41) is 3.43. The van der Waals surface area contributed by atoms with Gasteiger partial charge in [-0.1, -0.05) is 6.92 Å². The smallest absolute Gasteiger partial charge is 0.223 e. The molecule has 1 amide bonds. The molecule has 0 aromatic carbocycles. The molecule has 0 aromatic heterocycles. The Hall–Kier alpha value is -0.610. The Bertz CT molecular complexity index is 263. The van der Waals surface area contributed by atoms with Gasteiger partial charge in [0.25, 0.3) is 0 Å². The van der Waals surface area contributed by atoms with Crippen molar-refractivity contribution in [1.82, 2.24) is 10.2 Å². The highest BCUT2D eigenvalue weighted by Crippen LogP contribution is 2.23. The molecular weight excluding hydrogens is 240 g/mol. The van der Waals surface area contributed by atoms with Gasteiger partial charge in [-0.25, -0.2) is 0 Å². The lowest BCUT2D eigenvalue weighted by molar-refractivity contribution is -0.134. The van der Waals surface area contributed by atoms with Crippen LogP contribution in [0, 0.1) is 11.8 Å². The van der Waals surface area contributed by atoms with E-state index in [1.54, 1.807) is 7.11 Å². The molecule has 2 atom stereocenters. The number of carbonyl (C=O) groups is 1. The van der Waals surface area contributed by atoms with E-state index in [0.29, 0.717) is 31.4 Å². The zero-order valence-corrected chi connectivity index (χ0v) is 12.9. The number of methoxy groups -OCH3 is 1. The highest BCUT2D eigenvalue weighted by atomic mass is 16.5. The van der Waals surface area contributed by atoms with Crippen LogP contribution in [0.15, 0.2) is 0 Å². The second kappa shape index (κ2) is 8.54. The second-order valence-corrected chi connectivity index (χ2v) is 5.96. The van der Waals surface area contributed by atoms with E-state index in [1.807, 2.05) is 4.90 Å². The first-order chi connectivity index (χ1) is 9.06. The minimum absolute atomic E-state index is 0.249. The van der Waals surface area contributed by atoms with E-state index in [-0.39, 0.29) is 11.9 Å². The van der Waals surface area contributed by atoms with Crippen molar-refractivity contribution in [2.24, 2.45) is 11.8 Å². The third-order valence-corrected chi connectivity index (χ3v) is 4.12. The fourth-order valence-electron chi connectivity index (χ4n) is 2.78. The molecule has 1 saturated heterocycles. The van der Waals surface area contributed by atoms with Gasteiger partial charge in [0.2, 0.25) is 5.91 Å². The van der Waals surface area contributed by atoms with Crippen LogP contribution in [-0.2, 0) is 9.53 Å². The van der Waals surface area contributed by atoms with Crippen LogP contribution >= 0.6 is 0 Å². The van der Waals surface area contributed by atoms with Gasteiger partial charge in [-0.05, 0) is 51.6 Å². The average Bonchev–Trinajstić information content (AvgIpc) is 2.39. The summed E-state index contributed by atoms with van der Waals surface area (Å²) in [6, 6.07) is 0.249. The number of amides is 1. The summed E-state index contributed by atoms with van der Waals surface area (Å²) in [4.78, 5) is 14.3. The molecule has 1 aliphatic heterocycles. The van der Waals surface area contributed by atoms with Gasteiger partial charge in [-0.2, -0.15) is 0 Å². The molecule has 1 aliphatic rings. The first kappa shape index (κ1) is 16.4. The molecule has 112 valence electrons. The lowest BCUT2D eigenvalue weighted by Gasteiger charge is -2.31. The summed E-state index contributed by atoms with van der Waals surface area (Å²) in [6.45, 7) is 9.86. The van der Waals surface area contributed by atoms with Gasteiger partial charge < -0.3 is 15.0 Å². The van der Waals surface area contributed by atoms with Crippen molar-refractivity contribution in [3.8, 4) is 0 Å². The molecule has 0 saturated carbocycles. The van der Waals surface area contributed by atoms with Crippen LogP contribution in [0.1, 0.15) is 40.0 Å². The molecule has 0 bridgehead atoms. The summed E-state index contributed by atoms with van der Waals surface area (Å²) < 4.78 is 5.09. The first-order valence-electron chi connectivity index (χ1n) is 7.55. The Labute approximate surface area is 117 Å². The monoisotopic (exact) mass is 270 g/mol. The van der Waals surface area contributed by atoms with Gasteiger partial charge in [0.1, 0.15) is 0 Å². The summed E-state index contributed by atoms with van der Waals surface area (Å²) in [5.74, 6) is 1.38. The second-order valence-electron chi connectivity index (χ2n) is 5.96. The van der Waals surface area contributed by atoms with Gasteiger partial charge in [0.15, 0.2) is 0 Å². The Balaban J connectivity index is 2.45. The molecular formula is C15H30N2O2. The maximum Gasteiger partial charge on any atom is 0.223 e. The lowest BCUT2D eigenvalue weighted by Crippen LogP contribution is -2.41. The number of hydrogen-bond donors (Lipinski definition) is 1. The van der Waals surface area contributed by atoms with Gasteiger partial charge in [0.05, 0.1) is 6.61 Å². The molecule has 2 unspecified atom stereocenters. The van der Waals surface area contributed by atoms with Crippen molar-refractivity contribution in [2.45, 2.75) is 46.1 Å². The van der Waals surface area contributed by atoms with Crippen LogP contribution < -0.4 is 5.32 Å². The molecule has 1 rings (SSSR count). The average molecular weight is 270 g/mol. The van der Waals surface area contributed by atoms with Crippen LogP contribution in [0.25, 0.3) is 0 Å². The Morgan fingerprint density at radius 1 is 1.42 bits per heavy atom. The molecule has 0 spiro atoms. The highest BCUT2D eigenvalue weighted by molar-refractivity contribution is 5.76. The number of nitrogens with zero attached hydrogens (tertiary/aromatic N) is 1. The summed E-state index contributed by atoms with van der Waals surface area (Å²) in [6.07, 6.45) is 3.15. The van der Waals surface area contributed by atoms with Crippen LogP contribution in [0.3, 0.4) is 0 Å². The van der Waals surface area contributed by atoms with Crippen molar-refractivity contribution < 1.29 is 9.53 Å². The first-order valence-corrected chi connectivity index (χ1v) is 7.55. The molecule has 4 nitrogen and oxygen atoms in total. The minimum atomic E-state index is 0.249. The topological polar surface area (TPSA) is 41.6 Å². The predicted octanol–water partition coefficient (Wildman–Crippen LogP) is 1.90. The maximum atomic E-state index is 12.4. The van der Waals surface area contributed by atoms with E-state index in [9.17, 15) is 4.79 Å². The molecule has 4 heteroatoms. The lowest BCUT2D eigenvalue weighted by atomic mass is 9.85. The highest BCUT2D eigenvalue weighted by Gasteiger charge is 2.25. The van der Waals surface area contributed by atoms with Crippen molar-refractivity contribution in [3.63, 3.8) is 0 Å². The van der Waals surface area contributed by atoms with Crippen LogP contribution in [0.4, 0.5) is 0 Å². The number of hydrogen-bond acceptors (Lipinski definition) is 3. The number of piperidine rings is 1. The van der Waals surface area contributed by atoms with Crippen molar-refractivity contribution in [1.29, 1.82) is 0 Å². The van der Waals surface area contributed by atoms with Gasteiger partial charge in [-0.15, -0.1) is 0 Å². The third-order valence-electron chi connectivity index (χ3n) is 4.12. The van der Waals surface area contributed by atoms with Gasteiger partial charge in [-0.3, -0.25) is 4.79 Å². The Morgan fingerprint density at radius 3 is 2.68 bits per heavy atom. The number of ether oxygens (including phenoxy) is 1. The minimum Gasteiger partial charge on any atom is -0.383 e. The Morgan fingerprint density at radius 2 is 2.16 bits per heavy atom. The van der Waals surface area contributed by atoms with Crippen LogP contribution in [-0.4, -0.2) is 50.2 Å². The predicted molar refractivity (Wildman–Crippen MR) is 78.1 cm³/mol. The van der Waals surface area contributed by atoms with E-state index >= 15 is 0 Å². The van der Waals surface area contributed by atoms with Crippen LogP contribution in [0.5, 0.6) is 0 Å². The summed E-state index contributed by atoms with van der Waals surface area (Å²) >= 11 is 0. The van der Waals surface area contributed by atoms with E-state index < -0.39 is 0 Å². The Kier molecular flexibility index (Phi) is 7.39. The molecule has 1 fully saturated rings. The molecule has 1 N–H and O–H groups in total. The van der Waals surface area contributed by atoms with E-state index in [0.717, 1.165) is 13.1 Å². The number of nitrogens with one attached hydrogen (secondary N) is 1. The molecule has 1 heterocycles. The van der Waals surface area contributed by atoms with Crippen LogP contribution in [0.2, 0.25) is 0 Å². The van der Waals surface area contributed by atoms with Crippen molar-refractivity contribution >= 4 is 5.91 Å². The van der Waals surface area contributed by atoms with Gasteiger partial charge in [0, 0.05) is 26.1 Å². The fraction of sp³-hybridized carbons (Fsp3) is 0.933. The van der Waals surface area contributed by atoms with Gasteiger partial charge >= 0.3 is 0 Å². The molecule has 0 aliphatic carbocycles. The molecule has 0 aromatic rings. The number of carbonyl (C=O) groups excluding carboxylic acids is 1. The number of rotatable bonds is 7. The summed E-state index contributed by atoms with van der Waals surface area (Å²) in [7, 11) is 1.68. The quantitative estimate of drug-likeness (QED) is 0.768. The van der Waals surface area contributed by atoms with Crippen molar-refractivity contribution in [3.05, 3.63) is 0 Å². The van der Waals surface area contributed by atoms with E-state index in [2.05, 4.69) is 26.1 Å².